The van der Waals surface area contributed by atoms with Crippen molar-refractivity contribution in [1.82, 2.24) is 0 Å². The van der Waals surface area contributed by atoms with E-state index < -0.39 is 30.6 Å². The topological polar surface area (TPSA) is 113 Å². The van der Waals surface area contributed by atoms with Gasteiger partial charge in [-0.25, -0.2) is 9.59 Å². The molecule has 0 aromatic heterocycles. The number of carbonyl (C=O) groups excluding carboxylic acids is 2. The summed E-state index contributed by atoms with van der Waals surface area (Å²) in [5.41, 5.74) is 0. The van der Waals surface area contributed by atoms with Gasteiger partial charge >= 0.3 is 63.3 Å². The molecule has 0 rings (SSSR count). The molecule has 0 aliphatic rings. The summed E-state index contributed by atoms with van der Waals surface area (Å²) < 4.78 is 8.21. The van der Waals surface area contributed by atoms with Crippen LogP contribution in [0.15, 0.2) is 0 Å². The van der Waals surface area contributed by atoms with E-state index in [1.54, 1.807) is 0 Å². The van der Waals surface area contributed by atoms with Gasteiger partial charge in [0.05, 0.1) is 5.97 Å². The standard InChI is InChI=1S/C6H8O7.K/c1-12-4(5(9)10)6(11)13-2-3(7)8;/h4H,2H2,1H3,(H,7,8)(H,9,10);/q;+1/p-1. The first-order valence-corrected chi connectivity index (χ1v) is 3.11. The second-order valence-corrected chi connectivity index (χ2v) is 1.94. The molecule has 0 aromatic carbocycles. The summed E-state index contributed by atoms with van der Waals surface area (Å²) in [6.07, 6.45) is -1.89. The fourth-order valence-electron chi connectivity index (χ4n) is 0.497. The second-order valence-electron chi connectivity index (χ2n) is 1.94. The smallest absolute Gasteiger partial charge is 0.547 e. The van der Waals surface area contributed by atoms with Crippen LogP contribution >= 0.6 is 0 Å². The number of rotatable bonds is 5. The van der Waals surface area contributed by atoms with Crippen molar-refractivity contribution >= 4 is 17.9 Å². The molecule has 0 saturated carbocycles. The van der Waals surface area contributed by atoms with Gasteiger partial charge in [0.25, 0.3) is 0 Å². The molecular weight excluding hydrogens is 223 g/mol. The van der Waals surface area contributed by atoms with Crippen molar-refractivity contribution in [2.24, 2.45) is 0 Å². The third-order valence-corrected chi connectivity index (χ3v) is 1.00. The monoisotopic (exact) mass is 230 g/mol. The maximum Gasteiger partial charge on any atom is 1.00 e. The molecule has 0 radical (unpaired) electrons. The van der Waals surface area contributed by atoms with E-state index >= 15 is 0 Å². The molecule has 1 N–H and O–H groups in total. The van der Waals surface area contributed by atoms with E-state index in [1.165, 1.54) is 0 Å². The molecule has 8 heteroatoms. The first kappa shape index (κ1) is 16.4. The Hall–Kier alpha value is 0.00636. The maximum atomic E-state index is 10.7. The Bertz CT molecular complexity index is 226. The van der Waals surface area contributed by atoms with Crippen LogP contribution < -0.4 is 56.5 Å². The molecule has 0 amide bonds. The van der Waals surface area contributed by atoms with E-state index in [-0.39, 0.29) is 51.4 Å². The average Bonchev–Trinajstić information content (AvgIpc) is 2.01. The van der Waals surface area contributed by atoms with Gasteiger partial charge in [-0.05, 0) is 0 Å². The van der Waals surface area contributed by atoms with E-state index in [1.807, 2.05) is 0 Å². The van der Waals surface area contributed by atoms with Crippen LogP contribution in [0.1, 0.15) is 0 Å². The Morgan fingerprint density at radius 3 is 2.21 bits per heavy atom. The van der Waals surface area contributed by atoms with Gasteiger partial charge in [0.2, 0.25) is 0 Å². The summed E-state index contributed by atoms with van der Waals surface area (Å²) in [6, 6.07) is 0. The van der Waals surface area contributed by atoms with E-state index in [4.69, 9.17) is 5.11 Å². The fraction of sp³-hybridized carbons (Fsp3) is 0.500. The Balaban J connectivity index is 0. The summed E-state index contributed by atoms with van der Waals surface area (Å²) in [4.78, 5) is 30.7. The zero-order chi connectivity index (χ0) is 10.4. The first-order valence-electron chi connectivity index (χ1n) is 3.11. The molecule has 0 aliphatic heterocycles. The van der Waals surface area contributed by atoms with Crippen LogP contribution in [0.4, 0.5) is 0 Å². The fourth-order valence-corrected chi connectivity index (χ4v) is 0.497. The number of carbonyl (C=O) groups is 3. The largest absolute Gasteiger partial charge is 1.00 e. The van der Waals surface area contributed by atoms with Crippen molar-refractivity contribution in [2.45, 2.75) is 6.10 Å². The van der Waals surface area contributed by atoms with Crippen LogP contribution in [0.5, 0.6) is 0 Å². The molecule has 1 unspecified atom stereocenters. The van der Waals surface area contributed by atoms with Gasteiger partial charge < -0.3 is 24.5 Å². The predicted octanol–water partition coefficient (Wildman–Crippen LogP) is -5.62. The summed E-state index contributed by atoms with van der Waals surface area (Å²) in [5, 5.41) is 18.2. The number of hydrogen-bond acceptors (Lipinski definition) is 6. The molecule has 7 nitrogen and oxygen atoms in total. The van der Waals surface area contributed by atoms with Crippen molar-refractivity contribution in [2.75, 3.05) is 13.7 Å². The maximum absolute atomic E-state index is 10.7. The number of hydrogen-bond donors (Lipinski definition) is 1. The van der Waals surface area contributed by atoms with E-state index in [2.05, 4.69) is 9.47 Å². The third kappa shape index (κ3) is 6.46. The molecule has 0 fully saturated rings. The van der Waals surface area contributed by atoms with Crippen LogP contribution in [0, 0.1) is 0 Å². The number of carboxylic acid groups (broad SMARTS) is 2. The van der Waals surface area contributed by atoms with Gasteiger partial charge in [-0.3, -0.25) is 0 Å². The SMILES string of the molecule is COC(C(=O)[O-])C(=O)OCC(=O)O.[K+]. The van der Waals surface area contributed by atoms with Crippen LogP contribution in [-0.4, -0.2) is 42.8 Å². The van der Waals surface area contributed by atoms with Crippen LogP contribution in [0.25, 0.3) is 0 Å². The van der Waals surface area contributed by atoms with E-state index in [0.29, 0.717) is 0 Å². The summed E-state index contributed by atoms with van der Waals surface area (Å²) >= 11 is 0. The predicted molar refractivity (Wildman–Crippen MR) is 34.4 cm³/mol. The quantitative estimate of drug-likeness (QED) is 0.284. The molecule has 0 aromatic rings. The number of methoxy groups -OCH3 is 1. The van der Waals surface area contributed by atoms with Gasteiger partial charge in [-0.2, -0.15) is 0 Å². The minimum Gasteiger partial charge on any atom is -0.547 e. The van der Waals surface area contributed by atoms with Crippen molar-refractivity contribution in [3.63, 3.8) is 0 Å². The molecule has 14 heavy (non-hydrogen) atoms. The van der Waals surface area contributed by atoms with Crippen LogP contribution in [-0.2, 0) is 23.9 Å². The molecule has 74 valence electrons. The van der Waals surface area contributed by atoms with Gasteiger partial charge in [-0.1, -0.05) is 0 Å². The number of carboxylic acids is 2. The zero-order valence-electron chi connectivity index (χ0n) is 7.68. The minimum absolute atomic E-state index is 0. The van der Waals surface area contributed by atoms with E-state index in [9.17, 15) is 19.5 Å². The third-order valence-electron chi connectivity index (χ3n) is 1.00. The molecule has 0 saturated heterocycles. The number of aliphatic carboxylic acids is 2. The molecule has 0 spiro atoms. The van der Waals surface area contributed by atoms with Gasteiger partial charge in [-0.15, -0.1) is 0 Å². The number of esters is 1. The summed E-state index contributed by atoms with van der Waals surface area (Å²) in [7, 11) is 0.961. The second kappa shape index (κ2) is 8.33. The Kier molecular flexibility index (Phi) is 9.77. The molecule has 0 bridgehead atoms. The summed E-state index contributed by atoms with van der Waals surface area (Å²) in [6.45, 7) is -0.911. The first-order chi connectivity index (χ1) is 5.99. The average molecular weight is 230 g/mol. The van der Waals surface area contributed by atoms with Crippen molar-refractivity contribution < 1.29 is 85.5 Å². The van der Waals surface area contributed by atoms with Crippen molar-refractivity contribution in [3.05, 3.63) is 0 Å². The number of ether oxygens (including phenoxy) is 2. The Morgan fingerprint density at radius 2 is 1.93 bits per heavy atom. The van der Waals surface area contributed by atoms with Crippen LogP contribution in [0.2, 0.25) is 0 Å². The van der Waals surface area contributed by atoms with E-state index in [0.717, 1.165) is 7.11 Å². The van der Waals surface area contributed by atoms with Gasteiger partial charge in [0.15, 0.2) is 12.7 Å². The molecule has 0 aliphatic carbocycles. The normalized spacial score (nSPS) is 10.9. The van der Waals surface area contributed by atoms with Crippen LogP contribution in [0.3, 0.4) is 0 Å². The molecule has 1 atom stereocenters. The van der Waals surface area contributed by atoms with Crippen molar-refractivity contribution in [3.8, 4) is 0 Å². The Labute approximate surface area is 122 Å². The van der Waals surface area contributed by atoms with Gasteiger partial charge in [0, 0.05) is 7.11 Å². The molecule has 0 heterocycles. The summed E-state index contributed by atoms with van der Waals surface area (Å²) in [5.74, 6) is -4.47. The van der Waals surface area contributed by atoms with Crippen molar-refractivity contribution in [1.29, 1.82) is 0 Å². The minimum atomic E-state index is -1.89. The molecular formula is C6H7KO7. The van der Waals surface area contributed by atoms with Gasteiger partial charge in [0.1, 0.15) is 0 Å². The Morgan fingerprint density at radius 1 is 1.43 bits per heavy atom. The zero-order valence-corrected chi connectivity index (χ0v) is 10.8.